The number of rotatable bonds is 6. The van der Waals surface area contributed by atoms with Gasteiger partial charge in [0, 0.05) is 18.0 Å². The first kappa shape index (κ1) is 23.3. The van der Waals surface area contributed by atoms with Crippen molar-refractivity contribution in [3.63, 3.8) is 0 Å². The molecule has 1 saturated carbocycles. The summed E-state index contributed by atoms with van der Waals surface area (Å²) < 4.78 is 5.77. The fraction of sp³-hybridized carbons (Fsp3) is 0.519. The second-order valence-electron chi connectivity index (χ2n) is 9.77. The van der Waals surface area contributed by atoms with Gasteiger partial charge in [-0.2, -0.15) is 0 Å². The Balaban J connectivity index is 1.82. The molecule has 0 aromatic heterocycles. The summed E-state index contributed by atoms with van der Waals surface area (Å²) in [5.41, 5.74) is 1.52. The molecule has 2 aromatic rings. The van der Waals surface area contributed by atoms with Gasteiger partial charge in [-0.15, -0.1) is 0 Å². The fourth-order valence-corrected chi connectivity index (χ4v) is 4.85. The van der Waals surface area contributed by atoms with E-state index in [4.69, 9.17) is 4.74 Å². The molecule has 2 aromatic carbocycles. The van der Waals surface area contributed by atoms with Gasteiger partial charge in [0.2, 0.25) is 0 Å². The molecule has 1 aliphatic rings. The van der Waals surface area contributed by atoms with E-state index in [9.17, 15) is 9.90 Å². The van der Waals surface area contributed by atoms with Crippen LogP contribution in [0, 0.1) is 0 Å². The Bertz CT molecular complexity index is 821. The Labute approximate surface area is 187 Å². The van der Waals surface area contributed by atoms with Gasteiger partial charge in [0.25, 0.3) is 0 Å². The van der Waals surface area contributed by atoms with Crippen molar-refractivity contribution in [2.75, 3.05) is 0 Å². The van der Waals surface area contributed by atoms with E-state index in [2.05, 4.69) is 24.3 Å². The first-order valence-corrected chi connectivity index (χ1v) is 11.5. The summed E-state index contributed by atoms with van der Waals surface area (Å²) in [7, 11) is 0. The first-order chi connectivity index (χ1) is 14.7. The van der Waals surface area contributed by atoms with Crippen LogP contribution in [0.2, 0.25) is 0 Å². The van der Waals surface area contributed by atoms with Gasteiger partial charge in [0.1, 0.15) is 5.60 Å². The van der Waals surface area contributed by atoms with Gasteiger partial charge in [-0.05, 0) is 64.0 Å². The number of carbonyl (C=O) groups is 1. The molecule has 31 heavy (non-hydrogen) atoms. The van der Waals surface area contributed by atoms with E-state index in [-0.39, 0.29) is 23.7 Å². The predicted octanol–water partition coefficient (Wildman–Crippen LogP) is 6.08. The van der Waals surface area contributed by atoms with Gasteiger partial charge < -0.3 is 14.7 Å². The third-order valence-electron chi connectivity index (χ3n) is 6.49. The predicted molar refractivity (Wildman–Crippen MR) is 125 cm³/mol. The lowest BCUT2D eigenvalue weighted by atomic mass is 9.64. The average Bonchev–Trinajstić information content (AvgIpc) is 2.77. The molecular formula is C27H37NO3. The molecule has 0 heterocycles. The van der Waals surface area contributed by atoms with E-state index in [1.54, 1.807) is 0 Å². The van der Waals surface area contributed by atoms with Crippen molar-refractivity contribution in [3.05, 3.63) is 71.8 Å². The summed E-state index contributed by atoms with van der Waals surface area (Å²) in [4.78, 5) is 15.0. The molecule has 3 rings (SSSR count). The van der Waals surface area contributed by atoms with Crippen molar-refractivity contribution in [2.24, 2.45) is 0 Å². The Morgan fingerprint density at radius 3 is 2.13 bits per heavy atom. The van der Waals surface area contributed by atoms with Crippen LogP contribution in [0.25, 0.3) is 0 Å². The third kappa shape index (κ3) is 5.68. The van der Waals surface area contributed by atoms with Crippen molar-refractivity contribution >= 4 is 6.09 Å². The zero-order chi connectivity index (χ0) is 22.5. The molecule has 0 bridgehead atoms. The normalized spacial score (nSPS) is 22.5. The van der Waals surface area contributed by atoms with Gasteiger partial charge in [-0.25, -0.2) is 4.79 Å². The minimum atomic E-state index is -0.535. The lowest BCUT2D eigenvalue weighted by Gasteiger charge is -2.46. The van der Waals surface area contributed by atoms with Crippen LogP contribution in [0.15, 0.2) is 60.7 Å². The summed E-state index contributed by atoms with van der Waals surface area (Å²) in [5.74, 6) is 0. The van der Waals surface area contributed by atoms with Crippen molar-refractivity contribution < 1.29 is 14.6 Å². The maximum absolute atomic E-state index is 13.1. The number of ether oxygens (including phenoxy) is 1. The van der Waals surface area contributed by atoms with Gasteiger partial charge >= 0.3 is 6.09 Å². The molecule has 1 unspecified atom stereocenters. The molecule has 0 saturated heterocycles. The summed E-state index contributed by atoms with van der Waals surface area (Å²) in [5, 5.41) is 11.0. The molecule has 0 spiro atoms. The van der Waals surface area contributed by atoms with Crippen molar-refractivity contribution in [1.29, 1.82) is 0 Å². The number of carbonyl (C=O) groups excluding carboxylic acids is 1. The summed E-state index contributed by atoms with van der Waals surface area (Å²) in [6, 6.07) is 20.6. The Morgan fingerprint density at radius 1 is 1.06 bits per heavy atom. The van der Waals surface area contributed by atoms with Crippen LogP contribution in [0.3, 0.4) is 0 Å². The number of amides is 1. The molecule has 1 fully saturated rings. The lowest BCUT2D eigenvalue weighted by molar-refractivity contribution is -0.00451. The van der Waals surface area contributed by atoms with Crippen LogP contribution >= 0.6 is 0 Å². The van der Waals surface area contributed by atoms with Crippen LogP contribution in [0.5, 0.6) is 0 Å². The second kappa shape index (κ2) is 9.86. The van der Waals surface area contributed by atoms with Gasteiger partial charge in [0.05, 0.1) is 6.10 Å². The second-order valence-corrected chi connectivity index (χ2v) is 9.77. The van der Waals surface area contributed by atoms with E-state index in [0.717, 1.165) is 37.7 Å². The van der Waals surface area contributed by atoms with Gasteiger partial charge in [-0.1, -0.05) is 67.6 Å². The maximum Gasteiger partial charge on any atom is 0.410 e. The number of aliphatic hydroxyl groups is 1. The molecule has 1 N–H and O–H groups in total. The van der Waals surface area contributed by atoms with Crippen molar-refractivity contribution in [3.8, 4) is 0 Å². The highest BCUT2D eigenvalue weighted by Gasteiger charge is 2.44. The summed E-state index contributed by atoms with van der Waals surface area (Å²) in [6.45, 7) is 8.30. The van der Waals surface area contributed by atoms with Gasteiger partial charge in [-0.3, -0.25) is 0 Å². The zero-order valence-corrected chi connectivity index (χ0v) is 19.4. The standard InChI is InChI=1S/C27H37NO3/c1-5-24(29)27(22-14-10-7-11-15-22)18-16-23(17-19-27)28(25(30)31-26(2,3)4)20-21-12-8-6-9-13-21/h6-15,23-24,29H,5,16-20H2,1-4H3. The number of benzene rings is 2. The molecular weight excluding hydrogens is 386 g/mol. The Hall–Kier alpha value is -2.33. The molecule has 0 aliphatic heterocycles. The number of nitrogens with zero attached hydrogens (tertiary/aromatic N) is 1. The zero-order valence-electron chi connectivity index (χ0n) is 19.4. The molecule has 1 amide bonds. The molecule has 1 atom stereocenters. The maximum atomic E-state index is 13.1. The number of hydrogen-bond acceptors (Lipinski definition) is 3. The lowest BCUT2D eigenvalue weighted by Crippen LogP contribution is -2.49. The topological polar surface area (TPSA) is 49.8 Å². The molecule has 4 heteroatoms. The SMILES string of the molecule is CCC(O)C1(c2ccccc2)CCC(N(Cc2ccccc2)C(=O)OC(C)(C)C)CC1. The Kier molecular flexibility index (Phi) is 7.42. The van der Waals surface area contributed by atoms with Crippen LogP contribution in [0.1, 0.15) is 70.9 Å². The van der Waals surface area contributed by atoms with E-state index in [0.29, 0.717) is 6.54 Å². The van der Waals surface area contributed by atoms with E-state index >= 15 is 0 Å². The molecule has 0 radical (unpaired) electrons. The minimum absolute atomic E-state index is 0.0935. The Morgan fingerprint density at radius 2 is 1.61 bits per heavy atom. The van der Waals surface area contributed by atoms with Crippen molar-refractivity contribution in [1.82, 2.24) is 4.90 Å². The third-order valence-corrected chi connectivity index (χ3v) is 6.49. The molecule has 1 aliphatic carbocycles. The van der Waals surface area contributed by atoms with E-state index in [1.807, 2.05) is 69.0 Å². The number of hydrogen-bond donors (Lipinski definition) is 1. The summed E-state index contributed by atoms with van der Waals surface area (Å²) in [6.07, 6.45) is 3.47. The highest BCUT2D eigenvalue weighted by molar-refractivity contribution is 5.68. The fourth-order valence-electron chi connectivity index (χ4n) is 4.85. The van der Waals surface area contributed by atoms with Crippen LogP contribution in [-0.4, -0.2) is 33.8 Å². The van der Waals surface area contributed by atoms with E-state index in [1.165, 1.54) is 5.56 Å². The highest BCUT2D eigenvalue weighted by atomic mass is 16.6. The quantitative estimate of drug-likeness (QED) is 0.613. The summed E-state index contributed by atoms with van der Waals surface area (Å²) >= 11 is 0. The molecule has 168 valence electrons. The average molecular weight is 424 g/mol. The monoisotopic (exact) mass is 423 g/mol. The van der Waals surface area contributed by atoms with Gasteiger partial charge in [0.15, 0.2) is 0 Å². The number of aliphatic hydroxyl groups excluding tert-OH is 1. The smallest absolute Gasteiger partial charge is 0.410 e. The van der Waals surface area contributed by atoms with Crippen LogP contribution in [-0.2, 0) is 16.7 Å². The van der Waals surface area contributed by atoms with E-state index < -0.39 is 5.60 Å². The minimum Gasteiger partial charge on any atom is -0.444 e. The van der Waals surface area contributed by atoms with Crippen LogP contribution < -0.4 is 0 Å². The largest absolute Gasteiger partial charge is 0.444 e. The first-order valence-electron chi connectivity index (χ1n) is 11.5. The highest BCUT2D eigenvalue weighted by Crippen LogP contribution is 2.44. The van der Waals surface area contributed by atoms with Crippen LogP contribution in [0.4, 0.5) is 4.79 Å². The van der Waals surface area contributed by atoms with Crippen molar-refractivity contribution in [2.45, 2.75) is 89.5 Å². The molecule has 4 nitrogen and oxygen atoms in total.